The monoisotopic (exact) mass is 493 g/mol. The Labute approximate surface area is 210 Å². The first-order valence-electron chi connectivity index (χ1n) is 11.8. The molecule has 8 heteroatoms. The van der Waals surface area contributed by atoms with E-state index in [-0.39, 0.29) is 37.1 Å². The SMILES string of the molecule is COCCOC(=O)C1=C(C)NC2=C(C(=O)C[C@H](c3ccc(OC)c(OC)c3)C2)[C@@H]1c1cccc(O)c1. The molecular formula is C28H31NO7. The van der Waals surface area contributed by atoms with Crippen molar-refractivity contribution in [2.45, 2.75) is 31.6 Å². The average Bonchev–Trinajstić information content (AvgIpc) is 2.87. The molecule has 2 aromatic rings. The standard InChI is InChI=1S/C28H31NO7/c1-16-25(28(32)36-11-10-33-2)26(18-6-5-7-20(30)12-18)27-21(29-16)13-19(14-22(27)31)17-8-9-23(34-3)24(15-17)35-4/h5-9,12,15,19,26,29-30H,10-11,13-14H2,1-4H3/t19-,26-/m1/s1. The molecule has 2 atom stereocenters. The summed E-state index contributed by atoms with van der Waals surface area (Å²) in [6.45, 7) is 2.17. The van der Waals surface area contributed by atoms with Crippen molar-refractivity contribution in [1.29, 1.82) is 0 Å². The van der Waals surface area contributed by atoms with Crippen molar-refractivity contribution in [2.75, 3.05) is 34.5 Å². The predicted molar refractivity (Wildman–Crippen MR) is 133 cm³/mol. The summed E-state index contributed by atoms with van der Waals surface area (Å²) in [4.78, 5) is 26.8. The first kappa shape index (κ1) is 25.3. The number of carbonyl (C=O) groups is 2. The molecule has 0 radical (unpaired) electrons. The smallest absolute Gasteiger partial charge is 0.336 e. The number of ketones is 1. The number of rotatable bonds is 8. The van der Waals surface area contributed by atoms with E-state index in [1.54, 1.807) is 39.3 Å². The van der Waals surface area contributed by atoms with Gasteiger partial charge in [0, 0.05) is 36.4 Å². The lowest BCUT2D eigenvalue weighted by molar-refractivity contribution is -0.140. The third-order valence-electron chi connectivity index (χ3n) is 6.65. The number of phenolic OH excluding ortho intramolecular Hbond substituents is 1. The minimum atomic E-state index is -0.651. The number of benzene rings is 2. The highest BCUT2D eigenvalue weighted by atomic mass is 16.6. The first-order valence-corrected chi connectivity index (χ1v) is 11.8. The molecule has 0 saturated heterocycles. The fourth-order valence-corrected chi connectivity index (χ4v) is 4.99. The van der Waals surface area contributed by atoms with Gasteiger partial charge in [-0.15, -0.1) is 0 Å². The van der Waals surface area contributed by atoms with Crippen molar-refractivity contribution in [3.8, 4) is 17.2 Å². The van der Waals surface area contributed by atoms with Gasteiger partial charge in [0.05, 0.1) is 26.4 Å². The Morgan fingerprint density at radius 3 is 2.47 bits per heavy atom. The van der Waals surface area contributed by atoms with Crippen LogP contribution in [0.25, 0.3) is 0 Å². The second-order valence-corrected chi connectivity index (χ2v) is 8.86. The van der Waals surface area contributed by atoms with E-state index in [0.29, 0.717) is 40.3 Å². The van der Waals surface area contributed by atoms with Gasteiger partial charge in [-0.25, -0.2) is 4.79 Å². The molecule has 0 unspecified atom stereocenters. The molecule has 1 aliphatic heterocycles. The highest BCUT2D eigenvalue weighted by molar-refractivity contribution is 6.04. The normalized spacial score (nSPS) is 19.5. The Hall–Kier alpha value is -3.78. The molecule has 0 spiro atoms. The molecule has 36 heavy (non-hydrogen) atoms. The number of methoxy groups -OCH3 is 3. The van der Waals surface area contributed by atoms with Crippen LogP contribution in [0.4, 0.5) is 0 Å². The number of ether oxygens (including phenoxy) is 4. The highest BCUT2D eigenvalue weighted by Crippen LogP contribution is 2.46. The van der Waals surface area contributed by atoms with Gasteiger partial charge in [0.2, 0.25) is 0 Å². The molecule has 0 amide bonds. The van der Waals surface area contributed by atoms with E-state index in [9.17, 15) is 14.7 Å². The van der Waals surface area contributed by atoms with E-state index >= 15 is 0 Å². The van der Waals surface area contributed by atoms with Gasteiger partial charge in [0.1, 0.15) is 12.4 Å². The maximum absolute atomic E-state index is 13.7. The zero-order valence-electron chi connectivity index (χ0n) is 20.9. The fraction of sp³-hybridized carbons (Fsp3) is 0.357. The molecule has 190 valence electrons. The van der Waals surface area contributed by atoms with Gasteiger partial charge in [-0.3, -0.25) is 4.79 Å². The van der Waals surface area contributed by atoms with Crippen molar-refractivity contribution in [1.82, 2.24) is 5.32 Å². The largest absolute Gasteiger partial charge is 0.508 e. The molecule has 1 aliphatic carbocycles. The van der Waals surface area contributed by atoms with Crippen LogP contribution in [0.5, 0.6) is 17.2 Å². The number of hydrogen-bond acceptors (Lipinski definition) is 8. The highest BCUT2D eigenvalue weighted by Gasteiger charge is 2.41. The van der Waals surface area contributed by atoms with E-state index in [0.717, 1.165) is 11.3 Å². The molecule has 0 fully saturated rings. The molecule has 0 bridgehead atoms. The van der Waals surface area contributed by atoms with Crippen LogP contribution in [0.1, 0.15) is 42.7 Å². The van der Waals surface area contributed by atoms with Crippen LogP contribution in [0.2, 0.25) is 0 Å². The van der Waals surface area contributed by atoms with Crippen LogP contribution in [0.3, 0.4) is 0 Å². The number of dihydropyridines is 1. The van der Waals surface area contributed by atoms with Crippen LogP contribution in [-0.2, 0) is 19.1 Å². The number of Topliss-reactive ketones (excluding diaryl/α,β-unsaturated/α-hetero) is 1. The van der Waals surface area contributed by atoms with Crippen LogP contribution in [0.15, 0.2) is 65.0 Å². The number of allylic oxidation sites excluding steroid dienone is 3. The minimum Gasteiger partial charge on any atom is -0.508 e. The summed E-state index contributed by atoms with van der Waals surface area (Å²) < 4.78 is 21.2. The summed E-state index contributed by atoms with van der Waals surface area (Å²) in [6.07, 6.45) is 0.853. The van der Waals surface area contributed by atoms with E-state index in [2.05, 4.69) is 5.32 Å². The maximum Gasteiger partial charge on any atom is 0.336 e. The number of nitrogens with one attached hydrogen (secondary N) is 1. The molecule has 0 saturated carbocycles. The van der Waals surface area contributed by atoms with Crippen molar-refractivity contribution < 1.29 is 33.6 Å². The molecule has 8 nitrogen and oxygen atoms in total. The van der Waals surface area contributed by atoms with E-state index < -0.39 is 11.9 Å². The second kappa shape index (κ2) is 10.9. The summed E-state index contributed by atoms with van der Waals surface area (Å²) in [5, 5.41) is 13.5. The number of hydrogen-bond donors (Lipinski definition) is 2. The molecule has 0 aromatic heterocycles. The lowest BCUT2D eigenvalue weighted by atomic mass is 9.71. The third kappa shape index (κ3) is 4.95. The first-order chi connectivity index (χ1) is 17.4. The van der Waals surface area contributed by atoms with E-state index in [1.165, 1.54) is 7.11 Å². The second-order valence-electron chi connectivity index (χ2n) is 8.86. The Morgan fingerprint density at radius 2 is 1.78 bits per heavy atom. The van der Waals surface area contributed by atoms with Gasteiger partial charge >= 0.3 is 5.97 Å². The summed E-state index contributed by atoms with van der Waals surface area (Å²) in [5.41, 5.74) is 3.89. The number of phenols is 1. The Bertz CT molecular complexity index is 1230. The van der Waals surface area contributed by atoms with Gasteiger partial charge in [-0.1, -0.05) is 18.2 Å². The molecule has 1 heterocycles. The molecule has 2 N–H and O–H groups in total. The van der Waals surface area contributed by atoms with Gasteiger partial charge in [0.25, 0.3) is 0 Å². The average molecular weight is 494 g/mol. The van der Waals surface area contributed by atoms with E-state index in [1.807, 2.05) is 24.3 Å². The van der Waals surface area contributed by atoms with Gasteiger partial charge in [0.15, 0.2) is 17.3 Å². The summed E-state index contributed by atoms with van der Waals surface area (Å²) in [6, 6.07) is 12.3. The van der Waals surface area contributed by atoms with Gasteiger partial charge < -0.3 is 29.4 Å². The molecule has 4 rings (SSSR count). The predicted octanol–water partition coefficient (Wildman–Crippen LogP) is 3.96. The Morgan fingerprint density at radius 1 is 1.00 bits per heavy atom. The Kier molecular flexibility index (Phi) is 7.64. The van der Waals surface area contributed by atoms with Crippen molar-refractivity contribution >= 4 is 11.8 Å². The van der Waals surface area contributed by atoms with Gasteiger partial charge in [-0.2, -0.15) is 0 Å². The molecular weight excluding hydrogens is 462 g/mol. The summed E-state index contributed by atoms with van der Waals surface area (Å²) in [5.74, 6) is -0.0200. The Balaban J connectivity index is 1.74. The van der Waals surface area contributed by atoms with Crippen molar-refractivity contribution in [3.05, 3.63) is 76.1 Å². The van der Waals surface area contributed by atoms with Crippen LogP contribution in [0, 0.1) is 0 Å². The molecule has 2 aromatic carbocycles. The fourth-order valence-electron chi connectivity index (χ4n) is 4.99. The van der Waals surface area contributed by atoms with Crippen molar-refractivity contribution in [2.24, 2.45) is 0 Å². The topological polar surface area (TPSA) is 103 Å². The summed E-state index contributed by atoms with van der Waals surface area (Å²) >= 11 is 0. The van der Waals surface area contributed by atoms with E-state index in [4.69, 9.17) is 18.9 Å². The van der Waals surface area contributed by atoms with Crippen LogP contribution in [-0.4, -0.2) is 51.4 Å². The quantitative estimate of drug-likeness (QED) is 0.421. The van der Waals surface area contributed by atoms with Crippen LogP contribution >= 0.6 is 0 Å². The van der Waals surface area contributed by atoms with Gasteiger partial charge in [-0.05, 0) is 54.7 Å². The lowest BCUT2D eigenvalue weighted by Crippen LogP contribution is -2.36. The van der Waals surface area contributed by atoms with Crippen LogP contribution < -0.4 is 14.8 Å². The number of carbonyl (C=O) groups excluding carboxylic acids is 2. The minimum absolute atomic E-state index is 0.0596. The molecule has 2 aliphatic rings. The number of aromatic hydroxyl groups is 1. The third-order valence-corrected chi connectivity index (χ3v) is 6.65. The van der Waals surface area contributed by atoms with Crippen molar-refractivity contribution in [3.63, 3.8) is 0 Å². The maximum atomic E-state index is 13.7. The number of esters is 1. The lowest BCUT2D eigenvalue weighted by Gasteiger charge is -2.36. The zero-order valence-corrected chi connectivity index (χ0v) is 20.9. The summed E-state index contributed by atoms with van der Waals surface area (Å²) in [7, 11) is 4.69. The zero-order chi connectivity index (χ0) is 25.8.